The predicted octanol–water partition coefficient (Wildman–Crippen LogP) is 6.47. The maximum atomic E-state index is 14.2. The van der Waals surface area contributed by atoms with Crippen LogP contribution < -0.4 is 5.32 Å². The van der Waals surface area contributed by atoms with Crippen molar-refractivity contribution in [3.05, 3.63) is 84.2 Å². The Balaban J connectivity index is 1.51. The van der Waals surface area contributed by atoms with Crippen LogP contribution in [0.5, 0.6) is 0 Å². The smallest absolute Gasteiger partial charge is 0.258 e. The van der Waals surface area contributed by atoms with Gasteiger partial charge in [-0.25, -0.2) is 9.37 Å². The molecular formula is C25H23FN2O2. The van der Waals surface area contributed by atoms with Gasteiger partial charge in [0, 0.05) is 11.3 Å². The Morgan fingerprint density at radius 3 is 2.63 bits per heavy atom. The minimum absolute atomic E-state index is 0.111. The number of allylic oxidation sites excluding steroid dienone is 2. The lowest BCUT2D eigenvalue weighted by Gasteiger charge is -2.16. The first kappa shape index (κ1) is 19.8. The fourth-order valence-electron chi connectivity index (χ4n) is 3.60. The van der Waals surface area contributed by atoms with Crippen molar-refractivity contribution >= 4 is 11.6 Å². The quantitative estimate of drug-likeness (QED) is 0.532. The third kappa shape index (κ3) is 4.10. The van der Waals surface area contributed by atoms with Gasteiger partial charge in [-0.05, 0) is 66.6 Å². The SMILES string of the molecule is CCC1C=C(F)C(C(=O)Nc2ccc(-c3cc(-c4cocn4)ccc3C)cc2)=CC1. The number of carbonyl (C=O) groups excluding carboxylic acids is 1. The van der Waals surface area contributed by atoms with Gasteiger partial charge in [0.25, 0.3) is 5.91 Å². The average Bonchev–Trinajstić information content (AvgIpc) is 3.29. The zero-order chi connectivity index (χ0) is 21.1. The van der Waals surface area contributed by atoms with E-state index >= 15 is 0 Å². The van der Waals surface area contributed by atoms with Crippen LogP contribution in [-0.4, -0.2) is 10.9 Å². The molecule has 0 fully saturated rings. The van der Waals surface area contributed by atoms with Crippen LogP contribution in [0, 0.1) is 12.8 Å². The maximum Gasteiger partial charge on any atom is 0.258 e. The second-order valence-electron chi connectivity index (χ2n) is 7.47. The largest absolute Gasteiger partial charge is 0.451 e. The third-order valence-corrected chi connectivity index (χ3v) is 5.45. The topological polar surface area (TPSA) is 55.1 Å². The van der Waals surface area contributed by atoms with Gasteiger partial charge < -0.3 is 9.73 Å². The molecule has 30 heavy (non-hydrogen) atoms. The minimum Gasteiger partial charge on any atom is -0.451 e. The van der Waals surface area contributed by atoms with E-state index in [2.05, 4.69) is 16.4 Å². The number of nitrogens with one attached hydrogen (secondary N) is 1. The Labute approximate surface area is 175 Å². The molecule has 1 atom stereocenters. The highest BCUT2D eigenvalue weighted by Gasteiger charge is 2.20. The molecule has 3 aromatic rings. The molecular weight excluding hydrogens is 379 g/mol. The minimum atomic E-state index is -0.442. The van der Waals surface area contributed by atoms with E-state index in [-0.39, 0.29) is 11.5 Å². The van der Waals surface area contributed by atoms with Crippen molar-refractivity contribution in [3.63, 3.8) is 0 Å². The molecule has 1 unspecified atom stereocenters. The van der Waals surface area contributed by atoms with Gasteiger partial charge in [-0.2, -0.15) is 0 Å². The molecule has 0 spiro atoms. The average molecular weight is 402 g/mol. The van der Waals surface area contributed by atoms with Gasteiger partial charge in [0.15, 0.2) is 6.39 Å². The predicted molar refractivity (Wildman–Crippen MR) is 116 cm³/mol. The number of aromatic nitrogens is 1. The van der Waals surface area contributed by atoms with E-state index in [1.807, 2.05) is 50.2 Å². The van der Waals surface area contributed by atoms with E-state index in [1.54, 1.807) is 18.4 Å². The molecule has 0 saturated heterocycles. The summed E-state index contributed by atoms with van der Waals surface area (Å²) in [6.07, 6.45) is 7.80. The van der Waals surface area contributed by atoms with E-state index in [4.69, 9.17) is 4.42 Å². The summed E-state index contributed by atoms with van der Waals surface area (Å²) in [5.41, 5.74) is 5.71. The van der Waals surface area contributed by atoms with Gasteiger partial charge in [-0.3, -0.25) is 4.79 Å². The van der Waals surface area contributed by atoms with Gasteiger partial charge in [0.1, 0.15) is 17.8 Å². The summed E-state index contributed by atoms with van der Waals surface area (Å²) in [5, 5.41) is 2.79. The molecule has 4 rings (SSSR count). The van der Waals surface area contributed by atoms with E-state index < -0.39 is 11.7 Å². The number of hydrogen-bond acceptors (Lipinski definition) is 3. The summed E-state index contributed by atoms with van der Waals surface area (Å²) in [7, 11) is 0. The Morgan fingerprint density at radius 2 is 1.97 bits per heavy atom. The Kier molecular flexibility index (Phi) is 5.61. The number of carbonyl (C=O) groups is 1. The van der Waals surface area contributed by atoms with Crippen LogP contribution in [0.3, 0.4) is 0 Å². The van der Waals surface area contributed by atoms with Crippen molar-refractivity contribution < 1.29 is 13.6 Å². The van der Waals surface area contributed by atoms with Crippen LogP contribution in [0.1, 0.15) is 25.3 Å². The summed E-state index contributed by atoms with van der Waals surface area (Å²) < 4.78 is 19.3. The van der Waals surface area contributed by atoms with Crippen LogP contribution in [0.4, 0.5) is 10.1 Å². The summed E-state index contributed by atoms with van der Waals surface area (Å²) in [5.74, 6) is -0.699. The van der Waals surface area contributed by atoms with E-state index in [9.17, 15) is 9.18 Å². The number of halogens is 1. The van der Waals surface area contributed by atoms with Crippen molar-refractivity contribution in [1.82, 2.24) is 4.98 Å². The fourth-order valence-corrected chi connectivity index (χ4v) is 3.60. The van der Waals surface area contributed by atoms with E-state index in [1.165, 1.54) is 6.39 Å². The van der Waals surface area contributed by atoms with Crippen molar-refractivity contribution in [2.45, 2.75) is 26.7 Å². The fraction of sp³-hybridized carbons (Fsp3) is 0.200. The number of benzene rings is 2. The molecule has 1 aliphatic carbocycles. The van der Waals surface area contributed by atoms with Crippen molar-refractivity contribution in [2.75, 3.05) is 5.32 Å². The van der Waals surface area contributed by atoms with Crippen molar-refractivity contribution in [2.24, 2.45) is 5.92 Å². The van der Waals surface area contributed by atoms with Crippen LogP contribution in [-0.2, 0) is 4.79 Å². The molecule has 152 valence electrons. The van der Waals surface area contributed by atoms with Crippen LogP contribution >= 0.6 is 0 Å². The van der Waals surface area contributed by atoms with Gasteiger partial charge in [0.2, 0.25) is 0 Å². The third-order valence-electron chi connectivity index (χ3n) is 5.45. The van der Waals surface area contributed by atoms with E-state index in [0.717, 1.165) is 34.4 Å². The molecule has 1 heterocycles. The number of aryl methyl sites for hydroxylation is 1. The second-order valence-corrected chi connectivity index (χ2v) is 7.47. The zero-order valence-corrected chi connectivity index (χ0v) is 17.0. The Hall–Kier alpha value is -3.47. The monoisotopic (exact) mass is 402 g/mol. The van der Waals surface area contributed by atoms with Gasteiger partial charge in [-0.1, -0.05) is 37.3 Å². The normalized spacial score (nSPS) is 16.0. The lowest BCUT2D eigenvalue weighted by Crippen LogP contribution is -2.17. The molecule has 0 radical (unpaired) electrons. The lowest BCUT2D eigenvalue weighted by molar-refractivity contribution is -0.112. The van der Waals surface area contributed by atoms with Crippen LogP contribution in [0.25, 0.3) is 22.4 Å². The summed E-state index contributed by atoms with van der Waals surface area (Å²) in [6, 6.07) is 13.7. The lowest BCUT2D eigenvalue weighted by atomic mass is 9.93. The highest BCUT2D eigenvalue weighted by atomic mass is 19.1. The standard InChI is InChI=1S/C25H23FN2O2/c1-3-17-5-11-21(23(26)12-17)25(29)28-20-9-7-18(8-10-20)22-13-19(6-4-16(22)2)24-14-30-15-27-24/h4,6-15,17H,3,5H2,1-2H3,(H,28,29). The van der Waals surface area contributed by atoms with Crippen molar-refractivity contribution in [1.29, 1.82) is 0 Å². The number of anilines is 1. The molecule has 1 aromatic heterocycles. The highest BCUT2D eigenvalue weighted by Crippen LogP contribution is 2.30. The molecule has 0 saturated carbocycles. The van der Waals surface area contributed by atoms with Gasteiger partial charge in [-0.15, -0.1) is 0 Å². The molecule has 4 nitrogen and oxygen atoms in total. The highest BCUT2D eigenvalue weighted by molar-refractivity contribution is 6.06. The molecule has 0 aliphatic heterocycles. The molecule has 1 N–H and O–H groups in total. The van der Waals surface area contributed by atoms with Crippen molar-refractivity contribution in [3.8, 4) is 22.4 Å². The summed E-state index contributed by atoms with van der Waals surface area (Å²) >= 11 is 0. The Bertz CT molecular complexity index is 1110. The molecule has 1 aliphatic rings. The maximum absolute atomic E-state index is 14.2. The molecule has 2 aromatic carbocycles. The summed E-state index contributed by atoms with van der Waals surface area (Å²) in [4.78, 5) is 16.7. The Morgan fingerprint density at radius 1 is 1.20 bits per heavy atom. The number of nitrogens with zero attached hydrogens (tertiary/aromatic N) is 1. The number of amides is 1. The van der Waals surface area contributed by atoms with E-state index in [0.29, 0.717) is 12.1 Å². The van der Waals surface area contributed by atoms with Crippen LogP contribution in [0.2, 0.25) is 0 Å². The first-order valence-corrected chi connectivity index (χ1v) is 10.0. The molecule has 0 bridgehead atoms. The number of oxazole rings is 1. The first-order valence-electron chi connectivity index (χ1n) is 10.0. The summed E-state index contributed by atoms with van der Waals surface area (Å²) in [6.45, 7) is 4.06. The van der Waals surface area contributed by atoms with Gasteiger partial charge in [0.05, 0.1) is 5.57 Å². The molecule has 5 heteroatoms. The molecule has 1 amide bonds. The van der Waals surface area contributed by atoms with Gasteiger partial charge >= 0.3 is 0 Å². The second kappa shape index (κ2) is 8.49. The number of hydrogen-bond donors (Lipinski definition) is 1. The zero-order valence-electron chi connectivity index (χ0n) is 17.0. The number of rotatable bonds is 5. The van der Waals surface area contributed by atoms with Crippen LogP contribution in [0.15, 0.2) is 83.1 Å². The first-order chi connectivity index (χ1) is 14.5.